The van der Waals surface area contributed by atoms with Crippen LogP contribution in [-0.4, -0.2) is 22.9 Å². The minimum atomic E-state index is 0.927. The number of hydrogen-bond donors (Lipinski definition) is 1. The molecule has 17 heavy (non-hydrogen) atoms. The van der Waals surface area contributed by atoms with Gasteiger partial charge >= 0.3 is 0 Å². The first kappa shape index (κ1) is 12.8. The van der Waals surface area contributed by atoms with E-state index in [1.165, 1.54) is 15.7 Å². The molecule has 0 spiro atoms. The standard InChI is InChI=1S/C13H20BrN3/c1-3-11-13(14)12(17(4-2)16-11)9-10-5-7-15-8-6-10/h9,15H,3-8H2,1-2H3. The number of aromatic nitrogens is 2. The van der Waals surface area contributed by atoms with Gasteiger partial charge in [-0.1, -0.05) is 12.5 Å². The summed E-state index contributed by atoms with van der Waals surface area (Å²) < 4.78 is 3.27. The first-order valence-electron chi connectivity index (χ1n) is 6.41. The number of piperidine rings is 1. The van der Waals surface area contributed by atoms with Crippen LogP contribution in [0.25, 0.3) is 6.08 Å². The Kier molecular flexibility index (Phi) is 4.40. The Bertz CT molecular complexity index is 413. The van der Waals surface area contributed by atoms with Gasteiger partial charge in [-0.3, -0.25) is 4.68 Å². The van der Waals surface area contributed by atoms with E-state index in [0.717, 1.165) is 44.6 Å². The maximum absolute atomic E-state index is 4.62. The Balaban J connectivity index is 2.32. The lowest BCUT2D eigenvalue weighted by Crippen LogP contribution is -2.23. The zero-order chi connectivity index (χ0) is 12.3. The van der Waals surface area contributed by atoms with Crippen molar-refractivity contribution in [2.75, 3.05) is 13.1 Å². The summed E-state index contributed by atoms with van der Waals surface area (Å²) in [6.07, 6.45) is 5.61. The van der Waals surface area contributed by atoms with Crippen LogP contribution in [0.1, 0.15) is 38.1 Å². The molecule has 1 aliphatic heterocycles. The average molecular weight is 298 g/mol. The van der Waals surface area contributed by atoms with Crippen LogP contribution in [0.2, 0.25) is 0 Å². The van der Waals surface area contributed by atoms with E-state index in [1.807, 2.05) is 0 Å². The van der Waals surface area contributed by atoms with Gasteiger partial charge < -0.3 is 5.32 Å². The van der Waals surface area contributed by atoms with Crippen LogP contribution in [0.5, 0.6) is 0 Å². The predicted molar refractivity (Wildman–Crippen MR) is 75.1 cm³/mol. The molecule has 0 bridgehead atoms. The van der Waals surface area contributed by atoms with E-state index in [1.54, 1.807) is 0 Å². The third-order valence-corrected chi connectivity index (χ3v) is 4.08. The number of aryl methyl sites for hydroxylation is 2. The normalized spacial score (nSPS) is 16.3. The van der Waals surface area contributed by atoms with Crippen LogP contribution in [0.4, 0.5) is 0 Å². The van der Waals surface area contributed by atoms with Crippen molar-refractivity contribution < 1.29 is 0 Å². The summed E-state index contributed by atoms with van der Waals surface area (Å²) in [5.74, 6) is 0. The summed E-state index contributed by atoms with van der Waals surface area (Å²) in [5, 5.41) is 8.01. The quantitative estimate of drug-likeness (QED) is 0.929. The summed E-state index contributed by atoms with van der Waals surface area (Å²) >= 11 is 3.69. The Morgan fingerprint density at radius 3 is 2.65 bits per heavy atom. The third kappa shape index (κ3) is 2.80. The van der Waals surface area contributed by atoms with Gasteiger partial charge in [-0.05, 0) is 61.3 Å². The van der Waals surface area contributed by atoms with Gasteiger partial charge in [0.2, 0.25) is 0 Å². The molecule has 1 aromatic rings. The first-order valence-corrected chi connectivity index (χ1v) is 7.20. The molecular weight excluding hydrogens is 278 g/mol. The molecule has 4 heteroatoms. The molecule has 0 radical (unpaired) electrons. The minimum absolute atomic E-state index is 0.927. The average Bonchev–Trinajstić information content (AvgIpc) is 2.68. The van der Waals surface area contributed by atoms with Crippen molar-refractivity contribution in [3.8, 4) is 0 Å². The second kappa shape index (κ2) is 5.83. The minimum Gasteiger partial charge on any atom is -0.316 e. The van der Waals surface area contributed by atoms with Gasteiger partial charge in [0.25, 0.3) is 0 Å². The molecule has 0 aromatic carbocycles. The second-order valence-electron chi connectivity index (χ2n) is 4.37. The monoisotopic (exact) mass is 297 g/mol. The van der Waals surface area contributed by atoms with Crippen LogP contribution in [0.3, 0.4) is 0 Å². The van der Waals surface area contributed by atoms with Crippen molar-refractivity contribution in [3.63, 3.8) is 0 Å². The molecule has 3 nitrogen and oxygen atoms in total. The fraction of sp³-hybridized carbons (Fsp3) is 0.615. The highest BCUT2D eigenvalue weighted by molar-refractivity contribution is 9.10. The van der Waals surface area contributed by atoms with E-state index in [2.05, 4.69) is 51.0 Å². The van der Waals surface area contributed by atoms with E-state index < -0.39 is 0 Å². The van der Waals surface area contributed by atoms with Gasteiger partial charge in [0, 0.05) is 6.54 Å². The molecule has 0 unspecified atom stereocenters. The summed E-state index contributed by atoms with van der Waals surface area (Å²) in [6, 6.07) is 0. The highest BCUT2D eigenvalue weighted by atomic mass is 79.9. The Hall–Kier alpha value is -0.610. The zero-order valence-electron chi connectivity index (χ0n) is 10.6. The topological polar surface area (TPSA) is 29.9 Å². The summed E-state index contributed by atoms with van der Waals surface area (Å²) in [6.45, 7) is 7.42. The van der Waals surface area contributed by atoms with E-state index in [9.17, 15) is 0 Å². The molecule has 1 saturated heterocycles. The van der Waals surface area contributed by atoms with E-state index in [4.69, 9.17) is 0 Å². The molecule has 1 aliphatic rings. The van der Waals surface area contributed by atoms with Crippen molar-refractivity contribution >= 4 is 22.0 Å². The lowest BCUT2D eigenvalue weighted by Gasteiger charge is -2.15. The van der Waals surface area contributed by atoms with Crippen molar-refractivity contribution in [2.45, 2.75) is 39.7 Å². The lowest BCUT2D eigenvalue weighted by molar-refractivity contribution is 0.610. The fourth-order valence-electron chi connectivity index (χ4n) is 2.20. The Morgan fingerprint density at radius 1 is 1.35 bits per heavy atom. The molecule has 0 amide bonds. The van der Waals surface area contributed by atoms with Gasteiger partial charge in [0.1, 0.15) is 0 Å². The Labute approximate surface area is 111 Å². The molecule has 1 N–H and O–H groups in total. The predicted octanol–water partition coefficient (Wildman–Crippen LogP) is 2.99. The van der Waals surface area contributed by atoms with Crippen LogP contribution in [0, 0.1) is 0 Å². The summed E-state index contributed by atoms with van der Waals surface area (Å²) in [4.78, 5) is 0. The first-order chi connectivity index (χ1) is 8.26. The maximum atomic E-state index is 4.62. The largest absolute Gasteiger partial charge is 0.316 e. The molecule has 1 aromatic heterocycles. The SMILES string of the molecule is CCc1nn(CC)c(C=C2CCNCC2)c1Br. The lowest BCUT2D eigenvalue weighted by atomic mass is 10.0. The van der Waals surface area contributed by atoms with Crippen LogP contribution in [-0.2, 0) is 13.0 Å². The van der Waals surface area contributed by atoms with E-state index in [-0.39, 0.29) is 0 Å². The fourth-order valence-corrected chi connectivity index (χ4v) is 2.87. The van der Waals surface area contributed by atoms with Crippen LogP contribution < -0.4 is 5.32 Å². The molecule has 1 fully saturated rings. The molecule has 0 saturated carbocycles. The molecule has 94 valence electrons. The highest BCUT2D eigenvalue weighted by Gasteiger charge is 2.13. The second-order valence-corrected chi connectivity index (χ2v) is 5.16. The van der Waals surface area contributed by atoms with E-state index in [0.29, 0.717) is 0 Å². The van der Waals surface area contributed by atoms with Crippen molar-refractivity contribution in [1.29, 1.82) is 0 Å². The van der Waals surface area contributed by atoms with Crippen molar-refractivity contribution in [3.05, 3.63) is 21.4 Å². The molecule has 2 heterocycles. The van der Waals surface area contributed by atoms with Crippen LogP contribution >= 0.6 is 15.9 Å². The number of hydrogen-bond acceptors (Lipinski definition) is 2. The number of halogens is 1. The molecule has 0 aliphatic carbocycles. The number of rotatable bonds is 3. The van der Waals surface area contributed by atoms with Gasteiger partial charge in [-0.2, -0.15) is 5.10 Å². The van der Waals surface area contributed by atoms with Crippen LogP contribution in [0.15, 0.2) is 10.0 Å². The molecule has 2 rings (SSSR count). The van der Waals surface area contributed by atoms with E-state index >= 15 is 0 Å². The number of nitrogens with zero attached hydrogens (tertiary/aromatic N) is 2. The summed E-state index contributed by atoms with van der Waals surface area (Å²) in [7, 11) is 0. The number of nitrogens with one attached hydrogen (secondary N) is 1. The Morgan fingerprint density at radius 2 is 2.06 bits per heavy atom. The van der Waals surface area contributed by atoms with Gasteiger partial charge in [-0.15, -0.1) is 0 Å². The molecular formula is C13H20BrN3. The van der Waals surface area contributed by atoms with Gasteiger partial charge in [0.15, 0.2) is 0 Å². The molecule has 0 atom stereocenters. The smallest absolute Gasteiger partial charge is 0.0770 e. The van der Waals surface area contributed by atoms with Crippen molar-refractivity contribution in [2.24, 2.45) is 0 Å². The maximum Gasteiger partial charge on any atom is 0.0770 e. The van der Waals surface area contributed by atoms with Gasteiger partial charge in [0.05, 0.1) is 15.9 Å². The van der Waals surface area contributed by atoms with Crippen molar-refractivity contribution in [1.82, 2.24) is 15.1 Å². The summed E-state index contributed by atoms with van der Waals surface area (Å²) in [5.41, 5.74) is 3.93. The zero-order valence-corrected chi connectivity index (χ0v) is 12.2. The highest BCUT2D eigenvalue weighted by Crippen LogP contribution is 2.26. The third-order valence-electron chi connectivity index (χ3n) is 3.22. The van der Waals surface area contributed by atoms with Gasteiger partial charge in [-0.25, -0.2) is 0 Å².